The van der Waals surface area contributed by atoms with Gasteiger partial charge in [0.1, 0.15) is 5.60 Å². The molecule has 1 aliphatic heterocycles. The van der Waals surface area contributed by atoms with Gasteiger partial charge >= 0.3 is 0 Å². The highest BCUT2D eigenvalue weighted by molar-refractivity contribution is 5.98. The van der Waals surface area contributed by atoms with Crippen LogP contribution in [0.3, 0.4) is 0 Å². The van der Waals surface area contributed by atoms with E-state index in [9.17, 15) is 15.0 Å². The Balaban J connectivity index is 2.18. The first kappa shape index (κ1) is 13.0. The Hall–Kier alpha value is -0.970. The third-order valence-corrected chi connectivity index (χ3v) is 5.41. The molecule has 3 rings (SSSR count). The minimum atomic E-state index is -1.80. The summed E-state index contributed by atoms with van der Waals surface area (Å²) in [6.45, 7) is 8.02. The first-order valence-electron chi connectivity index (χ1n) is 6.76. The Kier molecular flexibility index (Phi) is 2.45. The minimum Gasteiger partial charge on any atom is -0.379 e. The summed E-state index contributed by atoms with van der Waals surface area (Å²) in [6.07, 6.45) is 3.04. The standard InChI is InChI=1S/C15H20O4/c1-9-4-5-12(16)11-6-15(18)14(17,8-13(9,11)3)10(2)7-19-15/h6,9,17-18H,2,4-5,7-8H2,1,3H3/t9-,13+,14+,15-/m0/s1. The van der Waals surface area contributed by atoms with E-state index in [1.807, 2.05) is 6.92 Å². The van der Waals surface area contributed by atoms with Gasteiger partial charge in [-0.3, -0.25) is 4.79 Å². The first-order valence-corrected chi connectivity index (χ1v) is 6.76. The van der Waals surface area contributed by atoms with E-state index in [1.165, 1.54) is 6.08 Å². The van der Waals surface area contributed by atoms with Crippen LogP contribution >= 0.6 is 0 Å². The second kappa shape index (κ2) is 3.57. The molecule has 4 atom stereocenters. The predicted octanol–water partition coefficient (Wildman–Crippen LogP) is 1.33. The van der Waals surface area contributed by atoms with E-state index in [2.05, 4.69) is 13.5 Å². The summed E-state index contributed by atoms with van der Waals surface area (Å²) in [5.74, 6) is -1.47. The lowest BCUT2D eigenvalue weighted by atomic mass is 9.55. The molecule has 4 nitrogen and oxygen atoms in total. The second-order valence-electron chi connectivity index (χ2n) is 6.46. The van der Waals surface area contributed by atoms with E-state index in [0.717, 1.165) is 6.42 Å². The van der Waals surface area contributed by atoms with E-state index in [-0.39, 0.29) is 24.7 Å². The molecule has 3 aliphatic rings. The highest BCUT2D eigenvalue weighted by Gasteiger charge is 2.64. The van der Waals surface area contributed by atoms with Gasteiger partial charge in [-0.1, -0.05) is 20.4 Å². The second-order valence-corrected chi connectivity index (χ2v) is 6.46. The molecule has 1 saturated heterocycles. The smallest absolute Gasteiger partial charge is 0.220 e. The maximum atomic E-state index is 12.2. The summed E-state index contributed by atoms with van der Waals surface area (Å²) < 4.78 is 5.31. The van der Waals surface area contributed by atoms with E-state index in [1.54, 1.807) is 0 Å². The molecule has 0 aromatic heterocycles. The molecule has 19 heavy (non-hydrogen) atoms. The SMILES string of the molecule is C=C1CO[C@@]2(O)C=C3C(=O)CC[C@H](C)[C@@]3(C)C[C@@]12O. The maximum absolute atomic E-state index is 12.2. The van der Waals surface area contributed by atoms with Gasteiger partial charge in [0, 0.05) is 17.4 Å². The maximum Gasteiger partial charge on any atom is 0.220 e. The molecular weight excluding hydrogens is 244 g/mol. The number of carbonyl (C=O) groups excluding carboxylic acids is 1. The van der Waals surface area contributed by atoms with Crippen LogP contribution in [0.4, 0.5) is 0 Å². The van der Waals surface area contributed by atoms with Crippen LogP contribution in [0.15, 0.2) is 23.8 Å². The number of hydrogen-bond acceptors (Lipinski definition) is 4. The van der Waals surface area contributed by atoms with Crippen molar-refractivity contribution in [3.63, 3.8) is 0 Å². The van der Waals surface area contributed by atoms with Crippen LogP contribution < -0.4 is 0 Å². The number of rotatable bonds is 0. The van der Waals surface area contributed by atoms with E-state index in [0.29, 0.717) is 17.6 Å². The zero-order valence-electron chi connectivity index (χ0n) is 11.4. The van der Waals surface area contributed by atoms with Gasteiger partial charge in [-0.05, 0) is 30.4 Å². The van der Waals surface area contributed by atoms with Gasteiger partial charge < -0.3 is 14.9 Å². The van der Waals surface area contributed by atoms with Crippen molar-refractivity contribution >= 4 is 5.78 Å². The molecule has 0 unspecified atom stereocenters. The van der Waals surface area contributed by atoms with Crippen LogP contribution in [0.5, 0.6) is 0 Å². The topological polar surface area (TPSA) is 66.8 Å². The lowest BCUT2D eigenvalue weighted by molar-refractivity contribution is -0.233. The fraction of sp³-hybridized carbons (Fsp3) is 0.667. The molecule has 0 amide bonds. The highest BCUT2D eigenvalue weighted by Crippen LogP contribution is 2.57. The van der Waals surface area contributed by atoms with Gasteiger partial charge in [0.25, 0.3) is 0 Å². The highest BCUT2D eigenvalue weighted by atomic mass is 16.6. The van der Waals surface area contributed by atoms with Gasteiger partial charge in [0.15, 0.2) is 5.78 Å². The van der Waals surface area contributed by atoms with E-state index < -0.39 is 16.8 Å². The van der Waals surface area contributed by atoms with Gasteiger partial charge in [-0.15, -0.1) is 0 Å². The fourth-order valence-electron chi connectivity index (χ4n) is 3.73. The molecular formula is C15H20O4. The number of hydrogen-bond donors (Lipinski definition) is 2. The van der Waals surface area contributed by atoms with Gasteiger partial charge in [-0.25, -0.2) is 0 Å². The minimum absolute atomic E-state index is 0.0530. The normalized spacial score (nSPS) is 49.7. The van der Waals surface area contributed by atoms with Crippen LogP contribution in [-0.4, -0.2) is 34.0 Å². The van der Waals surface area contributed by atoms with Crippen molar-refractivity contribution in [1.29, 1.82) is 0 Å². The van der Waals surface area contributed by atoms with Crippen LogP contribution in [0.2, 0.25) is 0 Å². The summed E-state index contributed by atoms with van der Waals surface area (Å²) in [5.41, 5.74) is -0.825. The summed E-state index contributed by atoms with van der Waals surface area (Å²) in [6, 6.07) is 0. The number of ether oxygens (including phenoxy) is 1. The molecule has 1 saturated carbocycles. The average Bonchev–Trinajstić information content (AvgIpc) is 2.56. The quantitative estimate of drug-likeness (QED) is 0.648. The van der Waals surface area contributed by atoms with Crippen LogP contribution in [0.25, 0.3) is 0 Å². The molecule has 0 radical (unpaired) electrons. The van der Waals surface area contributed by atoms with Crippen molar-refractivity contribution < 1.29 is 19.7 Å². The summed E-state index contributed by atoms with van der Waals surface area (Å²) in [5, 5.41) is 21.4. The molecule has 0 bridgehead atoms. The molecule has 2 N–H and O–H groups in total. The number of carbonyl (C=O) groups is 1. The summed E-state index contributed by atoms with van der Waals surface area (Å²) in [4.78, 5) is 12.2. The molecule has 0 aromatic carbocycles. The van der Waals surface area contributed by atoms with Crippen molar-refractivity contribution in [2.75, 3.05) is 6.61 Å². The van der Waals surface area contributed by atoms with Crippen molar-refractivity contribution in [3.05, 3.63) is 23.8 Å². The van der Waals surface area contributed by atoms with Gasteiger partial charge in [-0.2, -0.15) is 0 Å². The Morgan fingerprint density at radius 1 is 1.47 bits per heavy atom. The molecule has 0 aromatic rings. The molecule has 1 heterocycles. The van der Waals surface area contributed by atoms with Gasteiger partial charge in [0.2, 0.25) is 5.79 Å². The van der Waals surface area contributed by atoms with Crippen molar-refractivity contribution in [1.82, 2.24) is 0 Å². The average molecular weight is 264 g/mol. The third kappa shape index (κ3) is 1.42. The number of aliphatic hydroxyl groups is 2. The predicted molar refractivity (Wildman–Crippen MR) is 69.2 cm³/mol. The molecule has 104 valence electrons. The molecule has 2 aliphatic carbocycles. The Morgan fingerprint density at radius 2 is 2.16 bits per heavy atom. The van der Waals surface area contributed by atoms with E-state index >= 15 is 0 Å². The van der Waals surface area contributed by atoms with Crippen LogP contribution in [-0.2, 0) is 9.53 Å². The Labute approximate surface area is 112 Å². The monoisotopic (exact) mass is 264 g/mol. The Bertz CT molecular complexity index is 508. The lowest BCUT2D eigenvalue weighted by Crippen LogP contribution is -2.59. The number of allylic oxidation sites excluding steroid dienone is 1. The van der Waals surface area contributed by atoms with Crippen LogP contribution in [0, 0.1) is 11.3 Å². The lowest BCUT2D eigenvalue weighted by Gasteiger charge is -2.51. The van der Waals surface area contributed by atoms with Crippen molar-refractivity contribution in [3.8, 4) is 0 Å². The number of Topliss-reactive ketones (excluding diaryl/α,β-unsaturated/α-hetero) is 1. The first-order chi connectivity index (χ1) is 8.73. The third-order valence-electron chi connectivity index (χ3n) is 5.41. The van der Waals surface area contributed by atoms with E-state index in [4.69, 9.17) is 4.74 Å². The summed E-state index contributed by atoms with van der Waals surface area (Å²) >= 11 is 0. The summed E-state index contributed by atoms with van der Waals surface area (Å²) in [7, 11) is 0. The fourth-order valence-corrected chi connectivity index (χ4v) is 3.73. The molecule has 2 fully saturated rings. The van der Waals surface area contributed by atoms with Crippen LogP contribution in [0.1, 0.15) is 33.1 Å². The van der Waals surface area contributed by atoms with Crippen molar-refractivity contribution in [2.45, 2.75) is 44.5 Å². The van der Waals surface area contributed by atoms with Gasteiger partial charge in [0.05, 0.1) is 6.61 Å². The zero-order valence-corrected chi connectivity index (χ0v) is 11.4. The number of ketones is 1. The number of fused-ring (bicyclic) bond motifs is 2. The molecule has 4 heteroatoms. The largest absolute Gasteiger partial charge is 0.379 e. The Morgan fingerprint density at radius 3 is 2.84 bits per heavy atom. The molecule has 0 spiro atoms. The zero-order chi connectivity index (χ0) is 14.1. The van der Waals surface area contributed by atoms with Crippen molar-refractivity contribution in [2.24, 2.45) is 11.3 Å².